The van der Waals surface area contributed by atoms with Crippen molar-refractivity contribution in [2.45, 2.75) is 12.6 Å². The van der Waals surface area contributed by atoms with E-state index in [2.05, 4.69) is 29.2 Å². The molecule has 4 rings (SSSR count). The van der Waals surface area contributed by atoms with Gasteiger partial charge in [-0.2, -0.15) is 0 Å². The molecule has 1 aliphatic rings. The van der Waals surface area contributed by atoms with Crippen molar-refractivity contribution >= 4 is 10.8 Å². The van der Waals surface area contributed by atoms with E-state index in [9.17, 15) is 4.79 Å². The first-order valence-corrected chi connectivity index (χ1v) is 9.23. The van der Waals surface area contributed by atoms with E-state index in [-0.39, 0.29) is 17.3 Å². The molecule has 0 unspecified atom stereocenters. The third kappa shape index (κ3) is 3.88. The standard InChI is InChI=1S/C22H23NO5/c1-25-18-6-5-15-9-17(4-3-16(15)10-18)21-13-23(7-8-27-21)12-19-11-20(24)22(26-2)14-28-19/h3-6,9-11,14,21H,7-8,12-13H2,1-2H3/t21-/m0/s1. The molecule has 1 aromatic heterocycles. The van der Waals surface area contributed by atoms with Gasteiger partial charge < -0.3 is 18.6 Å². The van der Waals surface area contributed by atoms with Gasteiger partial charge in [-0.05, 0) is 34.5 Å². The summed E-state index contributed by atoms with van der Waals surface area (Å²) < 4.78 is 21.8. The van der Waals surface area contributed by atoms with Gasteiger partial charge >= 0.3 is 0 Å². The van der Waals surface area contributed by atoms with E-state index in [4.69, 9.17) is 18.6 Å². The smallest absolute Gasteiger partial charge is 0.227 e. The normalized spacial score (nSPS) is 17.6. The highest BCUT2D eigenvalue weighted by Crippen LogP contribution is 2.28. The highest BCUT2D eigenvalue weighted by molar-refractivity contribution is 5.84. The average Bonchev–Trinajstić information content (AvgIpc) is 2.73. The van der Waals surface area contributed by atoms with Crippen molar-refractivity contribution in [3.8, 4) is 11.5 Å². The molecule has 0 amide bonds. The van der Waals surface area contributed by atoms with Gasteiger partial charge in [-0.3, -0.25) is 9.69 Å². The van der Waals surface area contributed by atoms with Crippen molar-refractivity contribution in [3.63, 3.8) is 0 Å². The molecule has 6 nitrogen and oxygen atoms in total. The molecule has 146 valence electrons. The minimum atomic E-state index is -0.168. The maximum Gasteiger partial charge on any atom is 0.227 e. The first-order valence-electron chi connectivity index (χ1n) is 9.23. The number of fused-ring (bicyclic) bond motifs is 1. The fraction of sp³-hybridized carbons (Fsp3) is 0.318. The largest absolute Gasteiger partial charge is 0.497 e. The lowest BCUT2D eigenvalue weighted by Gasteiger charge is -2.32. The van der Waals surface area contributed by atoms with E-state index in [1.807, 2.05) is 12.1 Å². The quantitative estimate of drug-likeness (QED) is 0.675. The van der Waals surface area contributed by atoms with Gasteiger partial charge in [0.25, 0.3) is 0 Å². The van der Waals surface area contributed by atoms with Gasteiger partial charge in [-0.25, -0.2) is 0 Å². The SMILES string of the molecule is COc1ccc2cc([C@@H]3CN(Cc4cc(=O)c(OC)co4)CCO3)ccc2c1. The zero-order chi connectivity index (χ0) is 19.5. The second-order valence-corrected chi connectivity index (χ2v) is 6.85. The molecule has 28 heavy (non-hydrogen) atoms. The lowest BCUT2D eigenvalue weighted by atomic mass is 10.0. The summed E-state index contributed by atoms with van der Waals surface area (Å²) in [6, 6.07) is 13.9. The van der Waals surface area contributed by atoms with Crippen LogP contribution in [0.2, 0.25) is 0 Å². The minimum absolute atomic E-state index is 0.0229. The van der Waals surface area contributed by atoms with Crippen LogP contribution in [0, 0.1) is 0 Å². The van der Waals surface area contributed by atoms with Gasteiger partial charge in [0.2, 0.25) is 11.2 Å². The van der Waals surface area contributed by atoms with Crippen molar-refractivity contribution < 1.29 is 18.6 Å². The van der Waals surface area contributed by atoms with Crippen molar-refractivity contribution in [1.82, 2.24) is 4.90 Å². The Labute approximate surface area is 163 Å². The summed E-state index contributed by atoms with van der Waals surface area (Å²) in [5.74, 6) is 1.69. The van der Waals surface area contributed by atoms with Crippen molar-refractivity contribution in [1.29, 1.82) is 0 Å². The number of ether oxygens (including phenoxy) is 3. The second kappa shape index (κ2) is 8.04. The number of methoxy groups -OCH3 is 2. The fourth-order valence-electron chi connectivity index (χ4n) is 3.51. The van der Waals surface area contributed by atoms with Crippen LogP contribution in [0.25, 0.3) is 10.8 Å². The predicted molar refractivity (Wildman–Crippen MR) is 106 cm³/mol. The van der Waals surface area contributed by atoms with E-state index in [1.165, 1.54) is 19.4 Å². The van der Waals surface area contributed by atoms with E-state index in [0.717, 1.165) is 35.2 Å². The molecule has 0 N–H and O–H groups in total. The highest BCUT2D eigenvalue weighted by atomic mass is 16.5. The fourth-order valence-corrected chi connectivity index (χ4v) is 3.51. The van der Waals surface area contributed by atoms with Crippen LogP contribution in [0.1, 0.15) is 17.4 Å². The molecule has 0 spiro atoms. The van der Waals surface area contributed by atoms with E-state index < -0.39 is 0 Å². The summed E-state index contributed by atoms with van der Waals surface area (Å²) in [4.78, 5) is 14.2. The van der Waals surface area contributed by atoms with Gasteiger partial charge in [0.1, 0.15) is 17.8 Å². The van der Waals surface area contributed by atoms with Crippen LogP contribution in [-0.4, -0.2) is 38.8 Å². The van der Waals surface area contributed by atoms with E-state index >= 15 is 0 Å². The van der Waals surface area contributed by atoms with Crippen molar-refractivity contribution in [2.75, 3.05) is 33.9 Å². The van der Waals surface area contributed by atoms with Crippen LogP contribution >= 0.6 is 0 Å². The molecule has 2 heterocycles. The third-order valence-corrected chi connectivity index (χ3v) is 5.05. The van der Waals surface area contributed by atoms with Crippen LogP contribution in [0.4, 0.5) is 0 Å². The Morgan fingerprint density at radius 2 is 1.89 bits per heavy atom. The summed E-state index contributed by atoms with van der Waals surface area (Å²) in [5.41, 5.74) is 0.970. The molecule has 1 aliphatic heterocycles. The van der Waals surface area contributed by atoms with E-state index in [1.54, 1.807) is 7.11 Å². The summed E-state index contributed by atoms with van der Waals surface area (Å²) in [7, 11) is 3.13. The summed E-state index contributed by atoms with van der Waals surface area (Å²) >= 11 is 0. The van der Waals surface area contributed by atoms with Crippen LogP contribution in [0.5, 0.6) is 11.5 Å². The summed E-state index contributed by atoms with van der Waals surface area (Å²) in [5, 5.41) is 2.29. The lowest BCUT2D eigenvalue weighted by Crippen LogP contribution is -2.37. The van der Waals surface area contributed by atoms with Crippen LogP contribution < -0.4 is 14.9 Å². The second-order valence-electron chi connectivity index (χ2n) is 6.85. The predicted octanol–water partition coefficient (Wildman–Crippen LogP) is 3.38. The van der Waals surface area contributed by atoms with Crippen LogP contribution in [0.3, 0.4) is 0 Å². The monoisotopic (exact) mass is 381 g/mol. The topological polar surface area (TPSA) is 61.1 Å². The molecule has 1 fully saturated rings. The molecule has 0 aliphatic carbocycles. The molecule has 0 radical (unpaired) electrons. The Bertz CT molecular complexity index is 1030. The maximum absolute atomic E-state index is 11.9. The summed E-state index contributed by atoms with van der Waals surface area (Å²) in [6.07, 6.45) is 1.35. The number of nitrogens with zero attached hydrogens (tertiary/aromatic N) is 1. The van der Waals surface area contributed by atoms with Gasteiger partial charge in [0, 0.05) is 19.2 Å². The van der Waals surface area contributed by atoms with Gasteiger partial charge in [-0.15, -0.1) is 0 Å². The zero-order valence-corrected chi connectivity index (χ0v) is 16.0. The minimum Gasteiger partial charge on any atom is -0.497 e. The first-order chi connectivity index (χ1) is 13.7. The highest BCUT2D eigenvalue weighted by Gasteiger charge is 2.23. The molecule has 6 heteroatoms. The number of morpholine rings is 1. The zero-order valence-electron chi connectivity index (χ0n) is 16.0. The van der Waals surface area contributed by atoms with E-state index in [0.29, 0.717) is 18.9 Å². The Kier molecular flexibility index (Phi) is 5.32. The Morgan fingerprint density at radius 3 is 2.68 bits per heavy atom. The van der Waals surface area contributed by atoms with Crippen LogP contribution in [0.15, 0.2) is 57.9 Å². The molecule has 1 saturated heterocycles. The molecule has 1 atom stereocenters. The molecular weight excluding hydrogens is 358 g/mol. The Morgan fingerprint density at radius 1 is 1.07 bits per heavy atom. The molecule has 0 saturated carbocycles. The molecule has 0 bridgehead atoms. The van der Waals surface area contributed by atoms with Gasteiger partial charge in [0.05, 0.1) is 33.5 Å². The number of rotatable bonds is 5. The molecule has 3 aromatic rings. The van der Waals surface area contributed by atoms with Crippen molar-refractivity contribution in [2.24, 2.45) is 0 Å². The molecule has 2 aromatic carbocycles. The van der Waals surface area contributed by atoms with Crippen LogP contribution in [-0.2, 0) is 11.3 Å². The maximum atomic E-state index is 11.9. The number of hydrogen-bond acceptors (Lipinski definition) is 6. The first kappa shape index (κ1) is 18.5. The third-order valence-electron chi connectivity index (χ3n) is 5.05. The van der Waals surface area contributed by atoms with Gasteiger partial charge in [-0.1, -0.05) is 18.2 Å². The summed E-state index contributed by atoms with van der Waals surface area (Å²) in [6.45, 7) is 2.71. The number of hydrogen-bond donors (Lipinski definition) is 0. The molecular formula is C22H23NO5. The average molecular weight is 381 g/mol. The Balaban J connectivity index is 1.49. The lowest BCUT2D eigenvalue weighted by molar-refractivity contribution is -0.0347. The van der Waals surface area contributed by atoms with Gasteiger partial charge in [0.15, 0.2) is 0 Å². The number of benzene rings is 2. The van der Waals surface area contributed by atoms with Crippen molar-refractivity contribution in [3.05, 3.63) is 70.3 Å². The Hall–Kier alpha value is -2.83.